The standard InChI is InChI=1S/C21H16F3N3O3S2/c1-20(2)18(29)26(12-4-3-11(9-25)14(7-12)21(22,23)24)19(31)27(20)13-5-6-16-15(8-13)30-17(10-28)32-16/h3-8,17,28H,10H2,1-2H3. The number of carbonyl (C=O) groups excluding carboxylic acids is 1. The molecule has 0 aliphatic carbocycles. The molecule has 2 aromatic rings. The quantitative estimate of drug-likeness (QED) is 0.658. The van der Waals surface area contributed by atoms with Crippen molar-refractivity contribution in [1.82, 2.24) is 0 Å². The first-order chi connectivity index (χ1) is 15.0. The Labute approximate surface area is 191 Å². The Morgan fingerprint density at radius 1 is 1.25 bits per heavy atom. The van der Waals surface area contributed by atoms with Crippen LogP contribution in [0.25, 0.3) is 0 Å². The Morgan fingerprint density at radius 3 is 2.56 bits per heavy atom. The minimum Gasteiger partial charge on any atom is -0.476 e. The third-order valence-corrected chi connectivity index (χ3v) is 6.67. The fourth-order valence-corrected chi connectivity index (χ4v) is 5.07. The average Bonchev–Trinajstić information content (AvgIpc) is 3.22. The maximum atomic E-state index is 13.4. The Hall–Kier alpha value is -2.81. The molecule has 0 aromatic heterocycles. The zero-order valence-electron chi connectivity index (χ0n) is 16.8. The molecule has 1 unspecified atom stereocenters. The number of hydrogen-bond acceptors (Lipinski definition) is 6. The van der Waals surface area contributed by atoms with E-state index in [1.54, 1.807) is 36.9 Å². The van der Waals surface area contributed by atoms with Gasteiger partial charge in [0, 0.05) is 11.8 Å². The van der Waals surface area contributed by atoms with Crippen molar-refractivity contribution in [3.8, 4) is 11.8 Å². The number of aliphatic hydroxyl groups is 1. The molecule has 4 rings (SSSR count). The van der Waals surface area contributed by atoms with Crippen LogP contribution in [0.4, 0.5) is 24.5 Å². The van der Waals surface area contributed by atoms with E-state index in [0.29, 0.717) is 11.4 Å². The summed E-state index contributed by atoms with van der Waals surface area (Å²) in [5.74, 6) is 0.0122. The highest BCUT2D eigenvalue weighted by Crippen LogP contribution is 2.45. The van der Waals surface area contributed by atoms with Crippen LogP contribution >= 0.6 is 24.0 Å². The second-order valence-electron chi connectivity index (χ2n) is 7.64. The highest BCUT2D eigenvalue weighted by Gasteiger charge is 2.51. The van der Waals surface area contributed by atoms with Crippen LogP contribution in [0.5, 0.6) is 5.75 Å². The highest BCUT2D eigenvalue weighted by atomic mass is 32.2. The van der Waals surface area contributed by atoms with Gasteiger partial charge in [0.1, 0.15) is 11.3 Å². The number of thioether (sulfide) groups is 1. The summed E-state index contributed by atoms with van der Waals surface area (Å²) >= 11 is 6.88. The summed E-state index contributed by atoms with van der Waals surface area (Å²) in [7, 11) is 0. The van der Waals surface area contributed by atoms with Gasteiger partial charge in [0.2, 0.25) is 0 Å². The summed E-state index contributed by atoms with van der Waals surface area (Å²) in [5.41, 5.74) is -2.85. The number of amides is 1. The van der Waals surface area contributed by atoms with Crippen molar-refractivity contribution >= 4 is 46.4 Å². The molecule has 2 aromatic carbocycles. The van der Waals surface area contributed by atoms with Gasteiger partial charge in [-0.3, -0.25) is 9.69 Å². The SMILES string of the molecule is CC1(C)C(=O)N(c2ccc(C#N)c(C(F)(F)F)c2)C(=S)N1c1ccc2c(c1)OC(CO)S2. The van der Waals surface area contributed by atoms with Crippen molar-refractivity contribution in [1.29, 1.82) is 5.26 Å². The van der Waals surface area contributed by atoms with Crippen molar-refractivity contribution in [2.45, 2.75) is 35.9 Å². The van der Waals surface area contributed by atoms with Gasteiger partial charge in [0.15, 0.2) is 10.5 Å². The largest absolute Gasteiger partial charge is 0.476 e. The number of alkyl halides is 3. The lowest BCUT2D eigenvalue weighted by Crippen LogP contribution is -2.44. The number of thiocarbonyl (C=S) groups is 1. The van der Waals surface area contributed by atoms with Crippen LogP contribution in [-0.4, -0.2) is 33.7 Å². The molecule has 0 bridgehead atoms. The third-order valence-electron chi connectivity index (χ3n) is 5.21. The minimum atomic E-state index is -4.76. The predicted molar refractivity (Wildman–Crippen MR) is 117 cm³/mol. The van der Waals surface area contributed by atoms with Crippen LogP contribution < -0.4 is 14.5 Å². The lowest BCUT2D eigenvalue weighted by molar-refractivity contribution is -0.137. The van der Waals surface area contributed by atoms with Gasteiger partial charge in [-0.25, -0.2) is 0 Å². The summed E-state index contributed by atoms with van der Waals surface area (Å²) in [6.07, 6.45) is -4.76. The molecule has 2 aliphatic heterocycles. The molecule has 11 heteroatoms. The molecule has 0 spiro atoms. The zero-order chi connectivity index (χ0) is 23.4. The molecule has 0 radical (unpaired) electrons. The van der Waals surface area contributed by atoms with E-state index in [1.165, 1.54) is 23.9 Å². The van der Waals surface area contributed by atoms with Crippen LogP contribution in [0.2, 0.25) is 0 Å². The average molecular weight is 480 g/mol. The Balaban J connectivity index is 1.76. The van der Waals surface area contributed by atoms with Crippen LogP contribution in [-0.2, 0) is 11.0 Å². The van der Waals surface area contributed by atoms with Gasteiger partial charge in [-0.15, -0.1) is 0 Å². The Bertz CT molecular complexity index is 1180. The van der Waals surface area contributed by atoms with E-state index in [4.69, 9.17) is 22.2 Å². The van der Waals surface area contributed by atoms with Gasteiger partial charge in [-0.1, -0.05) is 11.8 Å². The third kappa shape index (κ3) is 3.48. The molecule has 2 aliphatic rings. The van der Waals surface area contributed by atoms with Crippen molar-refractivity contribution in [3.63, 3.8) is 0 Å². The van der Waals surface area contributed by atoms with Crippen molar-refractivity contribution in [2.75, 3.05) is 16.4 Å². The van der Waals surface area contributed by atoms with Gasteiger partial charge >= 0.3 is 6.18 Å². The number of aliphatic hydroxyl groups excluding tert-OH is 1. The van der Waals surface area contributed by atoms with Crippen molar-refractivity contribution < 1.29 is 27.8 Å². The topological polar surface area (TPSA) is 76.8 Å². The van der Waals surface area contributed by atoms with Gasteiger partial charge in [-0.2, -0.15) is 18.4 Å². The first kappa shape index (κ1) is 22.4. The van der Waals surface area contributed by atoms with E-state index in [2.05, 4.69) is 0 Å². The lowest BCUT2D eigenvalue weighted by atomic mass is 10.0. The fourth-order valence-electron chi connectivity index (χ4n) is 3.67. The first-order valence-corrected chi connectivity index (χ1v) is 10.7. The summed E-state index contributed by atoms with van der Waals surface area (Å²) in [4.78, 5) is 16.7. The maximum Gasteiger partial charge on any atom is 0.417 e. The number of nitrogens with zero attached hydrogens (tertiary/aromatic N) is 3. The molecule has 1 saturated heterocycles. The van der Waals surface area contributed by atoms with Crippen LogP contribution in [0, 0.1) is 11.3 Å². The Kier molecular flexibility index (Phi) is 5.35. The Morgan fingerprint density at radius 2 is 1.94 bits per heavy atom. The number of anilines is 2. The number of fused-ring (bicyclic) bond motifs is 1. The lowest BCUT2D eigenvalue weighted by Gasteiger charge is -2.29. The first-order valence-electron chi connectivity index (χ1n) is 9.37. The molecule has 2 heterocycles. The van der Waals surface area contributed by atoms with E-state index >= 15 is 0 Å². The van der Waals surface area contributed by atoms with Gasteiger partial charge in [-0.05, 0) is 56.4 Å². The zero-order valence-corrected chi connectivity index (χ0v) is 18.4. The van der Waals surface area contributed by atoms with E-state index < -0.39 is 34.2 Å². The summed E-state index contributed by atoms with van der Waals surface area (Å²) < 4.78 is 46.0. The van der Waals surface area contributed by atoms with Gasteiger partial charge in [0.25, 0.3) is 5.91 Å². The van der Waals surface area contributed by atoms with E-state index in [0.717, 1.165) is 21.9 Å². The van der Waals surface area contributed by atoms with Crippen LogP contribution in [0.1, 0.15) is 25.0 Å². The number of halogens is 3. The molecule has 32 heavy (non-hydrogen) atoms. The van der Waals surface area contributed by atoms with E-state index in [9.17, 15) is 23.1 Å². The van der Waals surface area contributed by atoms with Crippen molar-refractivity contribution in [2.24, 2.45) is 0 Å². The molecule has 6 nitrogen and oxygen atoms in total. The monoisotopic (exact) mass is 479 g/mol. The van der Waals surface area contributed by atoms with Crippen molar-refractivity contribution in [3.05, 3.63) is 47.5 Å². The van der Waals surface area contributed by atoms with Gasteiger partial charge in [0.05, 0.1) is 34.4 Å². The molecule has 0 saturated carbocycles. The molecule has 1 amide bonds. The number of carbonyl (C=O) groups is 1. The smallest absolute Gasteiger partial charge is 0.417 e. The number of ether oxygens (including phenoxy) is 1. The number of nitriles is 1. The molecular formula is C21H16F3N3O3S2. The molecule has 1 N–H and O–H groups in total. The predicted octanol–water partition coefficient (Wildman–Crippen LogP) is 4.30. The summed E-state index contributed by atoms with van der Waals surface area (Å²) in [5, 5.41) is 18.4. The van der Waals surface area contributed by atoms with Gasteiger partial charge < -0.3 is 14.7 Å². The second kappa shape index (κ2) is 7.65. The summed E-state index contributed by atoms with van der Waals surface area (Å²) in [6, 6.07) is 9.78. The second-order valence-corrected chi connectivity index (χ2v) is 9.20. The highest BCUT2D eigenvalue weighted by molar-refractivity contribution is 8.00. The molecule has 1 fully saturated rings. The number of benzene rings is 2. The van der Waals surface area contributed by atoms with E-state index in [-0.39, 0.29) is 17.4 Å². The minimum absolute atomic E-state index is 0.00198. The fraction of sp³-hybridized carbons (Fsp3) is 0.286. The van der Waals surface area contributed by atoms with E-state index in [1.807, 2.05) is 0 Å². The van der Waals surface area contributed by atoms with Crippen LogP contribution in [0.3, 0.4) is 0 Å². The summed E-state index contributed by atoms with van der Waals surface area (Å²) in [6.45, 7) is 3.07. The molecule has 1 atom stereocenters. The molecule has 166 valence electrons. The number of hydrogen-bond donors (Lipinski definition) is 1. The normalized spacial score (nSPS) is 19.7. The number of rotatable bonds is 3. The maximum absolute atomic E-state index is 13.4. The molecular weight excluding hydrogens is 463 g/mol. The van der Waals surface area contributed by atoms with Crippen LogP contribution in [0.15, 0.2) is 41.3 Å².